The van der Waals surface area contributed by atoms with Gasteiger partial charge in [-0.15, -0.1) is 0 Å². The SMILES string of the molecule is COCc1c(C=NO)ncc2[nH]c3ccc(Oc4ccc(Cl)cc4)cc3c12. The minimum atomic E-state index is 0.334. The van der Waals surface area contributed by atoms with E-state index in [1.807, 2.05) is 30.3 Å². The highest BCUT2D eigenvalue weighted by molar-refractivity contribution is 6.30. The third-order valence-corrected chi connectivity index (χ3v) is 4.51. The molecule has 0 aliphatic rings. The summed E-state index contributed by atoms with van der Waals surface area (Å²) >= 11 is 5.93. The molecule has 0 radical (unpaired) electrons. The molecule has 0 amide bonds. The van der Waals surface area contributed by atoms with Crippen molar-refractivity contribution in [2.45, 2.75) is 6.61 Å². The summed E-state index contributed by atoms with van der Waals surface area (Å²) in [5, 5.41) is 14.6. The molecule has 2 heterocycles. The van der Waals surface area contributed by atoms with Crippen molar-refractivity contribution in [1.82, 2.24) is 9.97 Å². The van der Waals surface area contributed by atoms with Crippen molar-refractivity contribution >= 4 is 39.6 Å². The van der Waals surface area contributed by atoms with Crippen LogP contribution in [0.2, 0.25) is 5.02 Å². The number of oxime groups is 1. The summed E-state index contributed by atoms with van der Waals surface area (Å²) in [5.74, 6) is 1.40. The second-order valence-electron chi connectivity index (χ2n) is 5.98. The number of aromatic nitrogens is 2. The van der Waals surface area contributed by atoms with Gasteiger partial charge in [0, 0.05) is 34.0 Å². The van der Waals surface area contributed by atoms with Gasteiger partial charge < -0.3 is 19.7 Å². The summed E-state index contributed by atoms with van der Waals surface area (Å²) < 4.78 is 11.3. The number of ether oxygens (including phenoxy) is 2. The van der Waals surface area contributed by atoms with E-state index in [4.69, 9.17) is 26.3 Å². The van der Waals surface area contributed by atoms with E-state index in [0.29, 0.717) is 28.8 Å². The largest absolute Gasteiger partial charge is 0.457 e. The van der Waals surface area contributed by atoms with E-state index in [1.165, 1.54) is 6.21 Å². The Bertz CT molecular complexity index is 1140. The van der Waals surface area contributed by atoms with E-state index in [0.717, 1.165) is 27.4 Å². The number of halogens is 1. The molecule has 0 spiro atoms. The Morgan fingerprint density at radius 2 is 1.93 bits per heavy atom. The lowest BCUT2D eigenvalue weighted by molar-refractivity contribution is 0.185. The Morgan fingerprint density at radius 1 is 1.15 bits per heavy atom. The van der Waals surface area contributed by atoms with Crippen LogP contribution < -0.4 is 4.74 Å². The molecule has 0 bridgehead atoms. The van der Waals surface area contributed by atoms with Crippen LogP contribution in [-0.2, 0) is 11.3 Å². The van der Waals surface area contributed by atoms with Gasteiger partial charge >= 0.3 is 0 Å². The highest BCUT2D eigenvalue weighted by Gasteiger charge is 2.14. The molecular formula is C20H16ClN3O3. The Labute approximate surface area is 160 Å². The van der Waals surface area contributed by atoms with E-state index >= 15 is 0 Å². The first-order chi connectivity index (χ1) is 13.2. The van der Waals surface area contributed by atoms with Gasteiger partial charge in [0.05, 0.1) is 30.2 Å². The molecule has 27 heavy (non-hydrogen) atoms. The van der Waals surface area contributed by atoms with Crippen molar-refractivity contribution in [3.8, 4) is 11.5 Å². The number of aromatic amines is 1. The number of benzene rings is 2. The maximum absolute atomic E-state index is 8.93. The number of methoxy groups -OCH3 is 1. The molecule has 0 atom stereocenters. The Hall–Kier alpha value is -3.09. The summed E-state index contributed by atoms with van der Waals surface area (Å²) in [6.45, 7) is 0.334. The first kappa shape index (κ1) is 17.3. The van der Waals surface area contributed by atoms with Crippen LogP contribution >= 0.6 is 11.6 Å². The quantitative estimate of drug-likeness (QED) is 0.286. The number of nitrogens with zero attached hydrogens (tertiary/aromatic N) is 2. The van der Waals surface area contributed by atoms with Crippen LogP contribution in [0, 0.1) is 0 Å². The van der Waals surface area contributed by atoms with Gasteiger partial charge in [-0.3, -0.25) is 4.98 Å². The van der Waals surface area contributed by atoms with Gasteiger partial charge in [-0.2, -0.15) is 0 Å². The number of nitrogens with one attached hydrogen (secondary N) is 1. The lowest BCUT2D eigenvalue weighted by Gasteiger charge is -2.08. The molecule has 0 fully saturated rings. The minimum absolute atomic E-state index is 0.334. The maximum Gasteiger partial charge on any atom is 0.128 e. The molecule has 0 saturated carbocycles. The second kappa shape index (κ2) is 7.26. The molecule has 136 valence electrons. The van der Waals surface area contributed by atoms with Crippen LogP contribution in [0.1, 0.15) is 11.3 Å². The van der Waals surface area contributed by atoms with Crippen LogP contribution in [0.15, 0.2) is 53.8 Å². The molecule has 0 aliphatic carbocycles. The molecule has 2 aromatic carbocycles. The van der Waals surface area contributed by atoms with Gasteiger partial charge in [-0.1, -0.05) is 16.8 Å². The van der Waals surface area contributed by atoms with Crippen molar-refractivity contribution in [3.05, 3.63) is 64.9 Å². The smallest absolute Gasteiger partial charge is 0.128 e. The fourth-order valence-corrected chi connectivity index (χ4v) is 3.24. The third-order valence-electron chi connectivity index (χ3n) is 4.26. The van der Waals surface area contributed by atoms with Crippen molar-refractivity contribution in [2.24, 2.45) is 5.16 Å². The Kier molecular flexibility index (Phi) is 4.66. The average Bonchev–Trinajstić information content (AvgIpc) is 3.04. The zero-order valence-corrected chi connectivity index (χ0v) is 15.2. The molecule has 0 unspecified atom stereocenters. The van der Waals surface area contributed by atoms with Gasteiger partial charge in [0.1, 0.15) is 11.5 Å². The Morgan fingerprint density at radius 3 is 2.67 bits per heavy atom. The van der Waals surface area contributed by atoms with Crippen LogP contribution in [0.4, 0.5) is 0 Å². The highest BCUT2D eigenvalue weighted by atomic mass is 35.5. The zero-order chi connectivity index (χ0) is 18.8. The predicted molar refractivity (Wildman–Crippen MR) is 105 cm³/mol. The van der Waals surface area contributed by atoms with Crippen molar-refractivity contribution < 1.29 is 14.7 Å². The zero-order valence-electron chi connectivity index (χ0n) is 14.4. The van der Waals surface area contributed by atoms with Crippen molar-refractivity contribution in [3.63, 3.8) is 0 Å². The molecule has 2 aromatic heterocycles. The van der Waals surface area contributed by atoms with E-state index in [1.54, 1.807) is 25.4 Å². The molecule has 2 N–H and O–H groups in total. The summed E-state index contributed by atoms with van der Waals surface area (Å²) in [5.41, 5.74) is 3.21. The monoisotopic (exact) mass is 381 g/mol. The molecular weight excluding hydrogens is 366 g/mol. The number of pyridine rings is 1. The molecule has 0 saturated heterocycles. The van der Waals surface area contributed by atoms with E-state index < -0.39 is 0 Å². The number of rotatable bonds is 5. The fraction of sp³-hybridized carbons (Fsp3) is 0.100. The van der Waals surface area contributed by atoms with Crippen molar-refractivity contribution in [2.75, 3.05) is 7.11 Å². The van der Waals surface area contributed by atoms with Crippen LogP contribution in [0.25, 0.3) is 21.8 Å². The lowest BCUT2D eigenvalue weighted by Crippen LogP contribution is -1.99. The highest BCUT2D eigenvalue weighted by Crippen LogP contribution is 2.33. The molecule has 4 rings (SSSR count). The summed E-state index contributed by atoms with van der Waals surface area (Å²) in [6.07, 6.45) is 3.02. The van der Waals surface area contributed by atoms with Gasteiger partial charge in [0.15, 0.2) is 0 Å². The van der Waals surface area contributed by atoms with Gasteiger partial charge in [0.2, 0.25) is 0 Å². The topological polar surface area (TPSA) is 79.7 Å². The molecule has 6 nitrogen and oxygen atoms in total. The maximum atomic E-state index is 8.93. The molecule has 0 aliphatic heterocycles. The van der Waals surface area contributed by atoms with Gasteiger partial charge in [0.25, 0.3) is 0 Å². The first-order valence-corrected chi connectivity index (χ1v) is 8.60. The average molecular weight is 382 g/mol. The standard InChI is InChI=1S/C20H16ClN3O3/c1-26-11-16-18(10-23-25)22-9-19-20(16)15-8-14(6-7-17(15)24-19)27-13-4-2-12(21)3-5-13/h2-10,24-25H,11H2,1H3. The fourth-order valence-electron chi connectivity index (χ4n) is 3.11. The second-order valence-corrected chi connectivity index (χ2v) is 6.41. The predicted octanol–water partition coefficient (Wildman–Crippen LogP) is 5.12. The number of H-pyrrole nitrogens is 1. The van der Waals surface area contributed by atoms with Crippen LogP contribution in [0.3, 0.4) is 0 Å². The summed E-state index contributed by atoms with van der Waals surface area (Å²) in [6, 6.07) is 13.0. The Balaban J connectivity index is 1.86. The van der Waals surface area contributed by atoms with Crippen molar-refractivity contribution in [1.29, 1.82) is 0 Å². The molecule has 7 heteroatoms. The summed E-state index contributed by atoms with van der Waals surface area (Å²) in [4.78, 5) is 7.69. The number of hydrogen-bond acceptors (Lipinski definition) is 5. The van der Waals surface area contributed by atoms with E-state index in [9.17, 15) is 0 Å². The first-order valence-electron chi connectivity index (χ1n) is 8.22. The summed E-state index contributed by atoms with van der Waals surface area (Å²) in [7, 11) is 1.61. The van der Waals surface area contributed by atoms with Crippen LogP contribution in [0.5, 0.6) is 11.5 Å². The van der Waals surface area contributed by atoms with Crippen LogP contribution in [-0.4, -0.2) is 28.5 Å². The van der Waals surface area contributed by atoms with Gasteiger partial charge in [-0.05, 0) is 42.5 Å². The number of fused-ring (bicyclic) bond motifs is 3. The third kappa shape index (κ3) is 3.32. The van der Waals surface area contributed by atoms with Gasteiger partial charge in [-0.25, -0.2) is 0 Å². The minimum Gasteiger partial charge on any atom is -0.457 e. The number of hydrogen-bond donors (Lipinski definition) is 2. The van der Waals surface area contributed by atoms with E-state index in [2.05, 4.69) is 15.1 Å². The van der Waals surface area contributed by atoms with E-state index in [-0.39, 0.29) is 0 Å². The molecule has 4 aromatic rings. The lowest BCUT2D eigenvalue weighted by atomic mass is 10.1. The normalized spacial score (nSPS) is 11.6.